The molecule has 8 unspecified atom stereocenters. The summed E-state index contributed by atoms with van der Waals surface area (Å²) in [6.45, 7) is 6.87. The molecule has 9 saturated heterocycles. The third-order valence-electron chi connectivity index (χ3n) is 20.9. The Morgan fingerprint density at radius 3 is 1.99 bits per heavy atom. The summed E-state index contributed by atoms with van der Waals surface area (Å²) >= 11 is 0. The number of ether oxygens (including phenoxy) is 2. The van der Waals surface area contributed by atoms with E-state index in [2.05, 4.69) is 61.6 Å². The van der Waals surface area contributed by atoms with Crippen LogP contribution >= 0.6 is 0 Å². The second-order valence-electron chi connectivity index (χ2n) is 26.6. The molecule has 92 heavy (non-hydrogen) atoms. The van der Waals surface area contributed by atoms with Crippen LogP contribution in [0.25, 0.3) is 65.7 Å². The van der Waals surface area contributed by atoms with Crippen molar-refractivity contribution in [3.05, 3.63) is 101 Å². The lowest BCUT2D eigenvalue weighted by molar-refractivity contribution is -0.0123. The van der Waals surface area contributed by atoms with Gasteiger partial charge in [0.25, 0.3) is 0 Å². The molecule has 3 aromatic heterocycles. The van der Waals surface area contributed by atoms with E-state index in [0.29, 0.717) is 121 Å². The van der Waals surface area contributed by atoms with Gasteiger partial charge in [-0.15, -0.1) is 12.8 Å². The largest absolute Gasteiger partial charge is 0.508 e. The van der Waals surface area contributed by atoms with E-state index >= 15 is 8.78 Å². The zero-order valence-corrected chi connectivity index (χ0v) is 50.8. The number of nitrogens with one attached hydrogen (secondary N) is 1. The minimum Gasteiger partial charge on any atom is -0.508 e. The van der Waals surface area contributed by atoms with Crippen LogP contribution in [0.5, 0.6) is 23.5 Å². The van der Waals surface area contributed by atoms with Crippen molar-refractivity contribution in [2.45, 2.75) is 112 Å². The maximum atomic E-state index is 16.8. The summed E-state index contributed by atoms with van der Waals surface area (Å²) in [4.78, 5) is 33.9. The quantitative estimate of drug-likeness (QED) is 0.0753. The highest BCUT2D eigenvalue weighted by Crippen LogP contribution is 2.61. The van der Waals surface area contributed by atoms with Crippen molar-refractivity contribution >= 4 is 55.0 Å². The van der Waals surface area contributed by atoms with Gasteiger partial charge in [0, 0.05) is 122 Å². The summed E-state index contributed by atoms with van der Waals surface area (Å²) in [5, 5.41) is 36.4. The van der Waals surface area contributed by atoms with Crippen LogP contribution < -0.4 is 24.6 Å². The van der Waals surface area contributed by atoms with E-state index in [9.17, 15) is 32.9 Å². The first-order chi connectivity index (χ1) is 44.5. The Morgan fingerprint density at radius 1 is 0.685 bits per heavy atom. The lowest BCUT2D eigenvalue weighted by Crippen LogP contribution is -2.69. The van der Waals surface area contributed by atoms with Crippen LogP contribution in [-0.2, 0) is 0 Å². The molecule has 8 atom stereocenters. The molecule has 16 nitrogen and oxygen atoms in total. The Morgan fingerprint density at radius 2 is 1.33 bits per heavy atom. The van der Waals surface area contributed by atoms with Crippen LogP contribution in [0, 0.1) is 53.4 Å². The van der Waals surface area contributed by atoms with E-state index in [0.717, 1.165) is 58.0 Å². The van der Waals surface area contributed by atoms with Crippen molar-refractivity contribution in [2.75, 3.05) is 89.0 Å². The number of aliphatic hydroxyl groups is 1. The van der Waals surface area contributed by atoms with E-state index in [1.807, 2.05) is 0 Å². The van der Waals surface area contributed by atoms with Crippen molar-refractivity contribution in [3.8, 4) is 70.6 Å². The molecule has 0 amide bonds. The van der Waals surface area contributed by atoms with Crippen LogP contribution in [0.15, 0.2) is 66.9 Å². The second kappa shape index (κ2) is 23.4. The SMILES string of the molecule is C#Cc1c(F)ccc2cc(O)cc(-c3ccc4c(N5CC6CC(C5)N6CCO)nc(OC)nc4c3F)c12.C#Cc1c(F)ccc2cc(O)cc(-c3ncc4c(N5CC6CCC(C5)N6)nc(OCC56CC(F)CN5CC5(CC5)C6)nc4c3F)c12.FC1CC2CCCN2C1. The normalized spacial score (nSPS) is 25.9. The van der Waals surface area contributed by atoms with Crippen LogP contribution in [0.2, 0.25) is 0 Å². The number of phenols is 2. The fourth-order valence-corrected chi connectivity index (χ4v) is 16.6. The predicted octanol–water partition coefficient (Wildman–Crippen LogP) is 9.97. The van der Waals surface area contributed by atoms with Gasteiger partial charge in [-0.2, -0.15) is 19.9 Å². The molecule has 0 radical (unpaired) electrons. The van der Waals surface area contributed by atoms with Gasteiger partial charge >= 0.3 is 12.0 Å². The first-order valence-corrected chi connectivity index (χ1v) is 31.8. The molecule has 4 bridgehead atoms. The van der Waals surface area contributed by atoms with E-state index in [1.54, 1.807) is 12.1 Å². The average molecular weight is 1260 g/mol. The monoisotopic (exact) mass is 1260 g/mol. The number of pyridine rings is 1. The molecule has 4 N–H and O–H groups in total. The van der Waals surface area contributed by atoms with Gasteiger partial charge in [0.2, 0.25) is 0 Å². The number of phenolic OH excluding ortho intramolecular Hbond substituents is 2. The lowest BCUT2D eigenvalue weighted by atomic mass is 9.87. The molecule has 476 valence electrons. The van der Waals surface area contributed by atoms with Gasteiger partial charge in [-0.25, -0.2) is 26.3 Å². The van der Waals surface area contributed by atoms with Crippen molar-refractivity contribution < 1.29 is 51.1 Å². The summed E-state index contributed by atoms with van der Waals surface area (Å²) in [5.41, 5.74) is 0.243. The molecule has 18 rings (SSSR count). The number of alkyl halides is 2. The topological polar surface area (TPSA) is 172 Å². The number of aromatic nitrogens is 5. The Labute approximate surface area is 527 Å². The van der Waals surface area contributed by atoms with Crippen molar-refractivity contribution in [1.82, 2.24) is 44.9 Å². The molecule has 12 heterocycles. The molecule has 1 saturated carbocycles. The molecule has 10 aliphatic rings. The number of terminal acetylenes is 2. The number of benzene rings is 5. The van der Waals surface area contributed by atoms with Crippen LogP contribution in [-0.4, -0.2) is 182 Å². The fraction of sp³-hybridized carbons (Fsp3) is 0.443. The minimum atomic E-state index is -0.912. The fourth-order valence-electron chi connectivity index (χ4n) is 16.6. The molecule has 5 aromatic carbocycles. The molecule has 8 aromatic rings. The molecular weight excluding hydrogens is 1190 g/mol. The summed E-state index contributed by atoms with van der Waals surface area (Å²) in [5.74, 6) is 2.96. The Hall–Kier alpha value is -8.25. The van der Waals surface area contributed by atoms with E-state index in [-0.39, 0.29) is 92.1 Å². The van der Waals surface area contributed by atoms with Crippen LogP contribution in [0.4, 0.5) is 38.0 Å². The Balaban J connectivity index is 0.000000136. The Bertz CT molecular complexity index is 4340. The summed E-state index contributed by atoms with van der Waals surface area (Å²) in [6, 6.07) is 16.2. The number of rotatable bonds is 10. The standard InChI is InChI=1S/C35H33F3N6O2.C28H24F2N4O3.C7H12FN/c1-2-24-27(37)6-3-19-9-23(45)10-25(28(19)24)30-29(38)31-26(12-39-30)32(43-14-21-4-5-22(15-43)40-21)42-33(41-31)46-18-35-11-20(36)13-44(35)17-34(16-35)7-8-34;1-3-19-23(29)7-4-15-10-18(36)12-22(24(15)19)20-5-6-21-26(25(20)30)31-28(37-2)32-27(21)33-13-16-11-17(14-33)34(16)8-9-35;8-6-4-7-2-1-3-9(7)5-6/h1,3,6,9-10,12,20-22,40,45H,4-5,7-8,11,13-18H2;1,4-7,10,12,16-17,35-36H,8-9,11,13-14H2,2H3;6-7H,1-5H2. The molecule has 9 aliphatic heterocycles. The zero-order chi connectivity index (χ0) is 63.5. The minimum absolute atomic E-state index is 0.000245. The highest BCUT2D eigenvalue weighted by atomic mass is 19.2. The number of halogens is 6. The van der Waals surface area contributed by atoms with Gasteiger partial charge in [0.05, 0.1) is 35.8 Å². The van der Waals surface area contributed by atoms with Gasteiger partial charge in [-0.05, 0) is 129 Å². The van der Waals surface area contributed by atoms with Crippen LogP contribution in [0.1, 0.15) is 75.3 Å². The summed E-state index contributed by atoms with van der Waals surface area (Å²) in [7, 11) is 1.42. The van der Waals surface area contributed by atoms with Crippen LogP contribution in [0.3, 0.4) is 0 Å². The maximum absolute atomic E-state index is 16.8. The first-order valence-electron chi connectivity index (χ1n) is 31.8. The van der Waals surface area contributed by atoms with Gasteiger partial charge in [-0.3, -0.25) is 19.7 Å². The number of methoxy groups -OCH3 is 1. The number of piperidine rings is 1. The zero-order valence-electron chi connectivity index (χ0n) is 50.8. The lowest BCUT2D eigenvalue weighted by Gasteiger charge is -2.56. The van der Waals surface area contributed by atoms with Gasteiger partial charge in [0.1, 0.15) is 70.4 Å². The number of aliphatic hydroxyl groups excluding tert-OH is 1. The number of fused-ring (bicyclic) bond motifs is 10. The average Bonchev–Trinajstić information content (AvgIpc) is 1.40. The number of anilines is 2. The maximum Gasteiger partial charge on any atom is 0.319 e. The van der Waals surface area contributed by atoms with Gasteiger partial charge in [-0.1, -0.05) is 30.0 Å². The van der Waals surface area contributed by atoms with Gasteiger partial charge < -0.3 is 39.9 Å². The van der Waals surface area contributed by atoms with Crippen molar-refractivity contribution in [3.63, 3.8) is 0 Å². The highest BCUT2D eigenvalue weighted by Gasteiger charge is 2.62. The number of hydrogen-bond acceptors (Lipinski definition) is 16. The summed E-state index contributed by atoms with van der Waals surface area (Å²) < 4.78 is 101. The second-order valence-corrected chi connectivity index (χ2v) is 26.6. The summed E-state index contributed by atoms with van der Waals surface area (Å²) in [6.07, 6.45) is 21.5. The number of piperazine rings is 2. The van der Waals surface area contributed by atoms with E-state index in [4.69, 9.17) is 27.3 Å². The third kappa shape index (κ3) is 10.6. The molecule has 1 spiro atoms. The molecular formula is C70H69F6N11O5. The number of aromatic hydroxyl groups is 2. The van der Waals surface area contributed by atoms with Crippen molar-refractivity contribution in [1.29, 1.82) is 0 Å². The van der Waals surface area contributed by atoms with Crippen molar-refractivity contribution in [2.24, 2.45) is 5.41 Å². The molecule has 10 fully saturated rings. The third-order valence-corrected chi connectivity index (χ3v) is 20.9. The van der Waals surface area contributed by atoms with Gasteiger partial charge in [0.15, 0.2) is 11.6 Å². The Kier molecular flexibility index (Phi) is 15.3. The van der Waals surface area contributed by atoms with E-state index < -0.39 is 41.2 Å². The van der Waals surface area contributed by atoms with E-state index in [1.165, 1.54) is 74.7 Å². The molecule has 22 heteroatoms. The smallest absolute Gasteiger partial charge is 0.319 e. The highest BCUT2D eigenvalue weighted by molar-refractivity contribution is 6.05. The number of nitrogens with zero attached hydrogens (tertiary/aromatic N) is 10. The first kappa shape index (κ1) is 60.0. The number of hydrogen-bond donors (Lipinski definition) is 4. The predicted molar refractivity (Wildman–Crippen MR) is 338 cm³/mol. The molecule has 1 aliphatic carbocycles.